The Labute approximate surface area is 119 Å². The third kappa shape index (κ3) is 4.15. The van der Waals surface area contributed by atoms with Crippen molar-refractivity contribution in [3.05, 3.63) is 59.9 Å². The topological polar surface area (TPSA) is 59.1 Å². The van der Waals surface area contributed by atoms with Crippen LogP contribution in [0.4, 0.5) is 0 Å². The highest BCUT2D eigenvalue weighted by Crippen LogP contribution is 2.10. The second-order valence-corrected chi connectivity index (χ2v) is 6.41. The molecule has 1 aromatic carbocycles. The molecule has 0 unspecified atom stereocenters. The van der Waals surface area contributed by atoms with Crippen LogP contribution in [0.2, 0.25) is 0 Å². The van der Waals surface area contributed by atoms with Gasteiger partial charge in [0.15, 0.2) is 0 Å². The minimum Gasteiger partial charge on any atom is -0.261 e. The van der Waals surface area contributed by atoms with E-state index in [2.05, 4.69) is 9.71 Å². The number of rotatable bonds is 6. The Bertz CT molecular complexity index is 655. The van der Waals surface area contributed by atoms with E-state index in [9.17, 15) is 8.42 Å². The number of benzene rings is 1. The van der Waals surface area contributed by atoms with Gasteiger partial charge in [-0.2, -0.15) is 0 Å². The molecule has 0 atom stereocenters. The van der Waals surface area contributed by atoms with Gasteiger partial charge in [0.25, 0.3) is 0 Å². The van der Waals surface area contributed by atoms with Crippen LogP contribution >= 0.6 is 0 Å². The first-order chi connectivity index (χ1) is 9.58. The third-order valence-electron chi connectivity index (χ3n) is 2.93. The van der Waals surface area contributed by atoms with E-state index in [0.717, 1.165) is 24.1 Å². The average Bonchev–Trinajstić information content (AvgIpc) is 2.45. The van der Waals surface area contributed by atoms with Crippen molar-refractivity contribution in [1.29, 1.82) is 0 Å². The van der Waals surface area contributed by atoms with Crippen molar-refractivity contribution in [3.8, 4) is 0 Å². The van der Waals surface area contributed by atoms with Crippen molar-refractivity contribution < 1.29 is 8.42 Å². The van der Waals surface area contributed by atoms with Gasteiger partial charge in [-0.25, -0.2) is 13.1 Å². The number of nitrogens with one attached hydrogen (secondary N) is 1. The van der Waals surface area contributed by atoms with E-state index < -0.39 is 10.0 Å². The van der Waals surface area contributed by atoms with Crippen LogP contribution in [0.15, 0.2) is 53.6 Å². The van der Waals surface area contributed by atoms with Gasteiger partial charge in [-0.3, -0.25) is 4.98 Å². The van der Waals surface area contributed by atoms with E-state index >= 15 is 0 Å². The molecule has 0 saturated carbocycles. The number of sulfonamides is 1. The van der Waals surface area contributed by atoms with Gasteiger partial charge < -0.3 is 0 Å². The Kier molecular flexibility index (Phi) is 4.87. The van der Waals surface area contributed by atoms with Crippen molar-refractivity contribution in [1.82, 2.24) is 9.71 Å². The van der Waals surface area contributed by atoms with Crippen LogP contribution in [-0.4, -0.2) is 19.9 Å². The van der Waals surface area contributed by atoms with Gasteiger partial charge in [0.05, 0.1) is 4.90 Å². The summed E-state index contributed by atoms with van der Waals surface area (Å²) in [5.41, 5.74) is 1.91. The maximum absolute atomic E-state index is 12.1. The quantitative estimate of drug-likeness (QED) is 0.830. The Morgan fingerprint density at radius 1 is 1.15 bits per heavy atom. The Morgan fingerprint density at radius 2 is 2.00 bits per heavy atom. The molecule has 0 aliphatic heterocycles. The lowest BCUT2D eigenvalue weighted by molar-refractivity contribution is 0.578. The Balaban J connectivity index is 1.87. The maximum atomic E-state index is 12.1. The summed E-state index contributed by atoms with van der Waals surface area (Å²) in [4.78, 5) is 4.52. The van der Waals surface area contributed by atoms with Crippen LogP contribution < -0.4 is 4.72 Å². The normalized spacial score (nSPS) is 11.4. The molecule has 0 spiro atoms. The van der Waals surface area contributed by atoms with Gasteiger partial charge in [0.1, 0.15) is 0 Å². The van der Waals surface area contributed by atoms with E-state index in [1.165, 1.54) is 0 Å². The number of hydrogen-bond donors (Lipinski definition) is 1. The molecular weight excluding hydrogens is 272 g/mol. The zero-order valence-electron chi connectivity index (χ0n) is 11.4. The van der Waals surface area contributed by atoms with Crippen molar-refractivity contribution in [2.75, 3.05) is 6.54 Å². The van der Waals surface area contributed by atoms with Crippen LogP contribution in [0, 0.1) is 6.92 Å². The lowest BCUT2D eigenvalue weighted by atomic mass is 10.2. The Morgan fingerprint density at radius 3 is 2.70 bits per heavy atom. The monoisotopic (exact) mass is 290 g/mol. The minimum absolute atomic E-state index is 0.315. The number of aromatic nitrogens is 1. The number of pyridine rings is 1. The summed E-state index contributed by atoms with van der Waals surface area (Å²) in [6.07, 6.45) is 3.23. The molecule has 0 bridgehead atoms. The van der Waals surface area contributed by atoms with Gasteiger partial charge in [-0.05, 0) is 49.6 Å². The van der Waals surface area contributed by atoms with E-state index in [-0.39, 0.29) is 0 Å². The predicted molar refractivity (Wildman–Crippen MR) is 78.9 cm³/mol. The molecule has 0 fully saturated rings. The fraction of sp³-hybridized carbons (Fsp3) is 0.267. The van der Waals surface area contributed by atoms with Crippen LogP contribution in [0.1, 0.15) is 17.7 Å². The smallest absolute Gasteiger partial charge is 0.240 e. The first-order valence-corrected chi connectivity index (χ1v) is 8.02. The van der Waals surface area contributed by atoms with Crippen molar-refractivity contribution >= 4 is 10.0 Å². The molecule has 1 N–H and O–H groups in total. The number of aryl methyl sites for hydroxylation is 2. The van der Waals surface area contributed by atoms with Gasteiger partial charge in [-0.15, -0.1) is 0 Å². The summed E-state index contributed by atoms with van der Waals surface area (Å²) in [6.45, 7) is 2.28. The first kappa shape index (κ1) is 14.7. The number of nitrogens with zero attached hydrogens (tertiary/aromatic N) is 1. The van der Waals surface area contributed by atoms with Crippen molar-refractivity contribution in [2.45, 2.75) is 24.7 Å². The predicted octanol–water partition coefficient (Wildman–Crippen LogP) is 2.30. The minimum atomic E-state index is -3.41. The fourth-order valence-corrected chi connectivity index (χ4v) is 3.07. The molecule has 106 valence electrons. The summed E-state index contributed by atoms with van der Waals surface area (Å²) in [5.74, 6) is 0. The molecule has 0 aliphatic carbocycles. The van der Waals surface area contributed by atoms with Crippen LogP contribution in [0.5, 0.6) is 0 Å². The average molecular weight is 290 g/mol. The van der Waals surface area contributed by atoms with E-state index in [4.69, 9.17) is 0 Å². The standard InChI is InChI=1S/C15H18N2O2S/c1-13-6-4-9-15(12-13)20(18,19)17-11-5-8-14-7-2-3-10-16-14/h2-4,6-7,9-10,12,17H,5,8,11H2,1H3. The summed E-state index contributed by atoms with van der Waals surface area (Å²) in [7, 11) is -3.41. The van der Waals surface area contributed by atoms with Crippen molar-refractivity contribution in [2.24, 2.45) is 0 Å². The zero-order chi connectivity index (χ0) is 14.4. The maximum Gasteiger partial charge on any atom is 0.240 e. The SMILES string of the molecule is Cc1cccc(S(=O)(=O)NCCCc2ccccn2)c1. The van der Waals surface area contributed by atoms with Crippen LogP contribution in [-0.2, 0) is 16.4 Å². The molecule has 4 nitrogen and oxygen atoms in total. The summed E-state index contributed by atoms with van der Waals surface area (Å²) >= 11 is 0. The molecular formula is C15H18N2O2S. The van der Waals surface area contributed by atoms with Crippen LogP contribution in [0.3, 0.4) is 0 Å². The van der Waals surface area contributed by atoms with Gasteiger partial charge in [0.2, 0.25) is 10.0 Å². The molecule has 0 radical (unpaired) electrons. The second-order valence-electron chi connectivity index (χ2n) is 4.64. The van der Waals surface area contributed by atoms with E-state index in [0.29, 0.717) is 11.4 Å². The molecule has 0 aliphatic rings. The first-order valence-electron chi connectivity index (χ1n) is 6.54. The molecule has 0 amide bonds. The fourth-order valence-electron chi connectivity index (χ4n) is 1.89. The molecule has 5 heteroatoms. The molecule has 1 heterocycles. The van der Waals surface area contributed by atoms with Crippen LogP contribution in [0.25, 0.3) is 0 Å². The zero-order valence-corrected chi connectivity index (χ0v) is 12.2. The second kappa shape index (κ2) is 6.63. The summed E-state index contributed by atoms with van der Waals surface area (Å²) in [6, 6.07) is 12.6. The Hall–Kier alpha value is -1.72. The third-order valence-corrected chi connectivity index (χ3v) is 4.39. The molecule has 2 aromatic rings. The van der Waals surface area contributed by atoms with E-state index in [1.54, 1.807) is 24.4 Å². The molecule has 2 rings (SSSR count). The molecule has 0 saturated heterocycles. The lowest BCUT2D eigenvalue weighted by Crippen LogP contribution is -2.25. The van der Waals surface area contributed by atoms with Gasteiger partial charge in [0, 0.05) is 18.4 Å². The highest BCUT2D eigenvalue weighted by molar-refractivity contribution is 7.89. The van der Waals surface area contributed by atoms with Crippen molar-refractivity contribution in [3.63, 3.8) is 0 Å². The van der Waals surface area contributed by atoms with Gasteiger partial charge in [-0.1, -0.05) is 18.2 Å². The highest BCUT2D eigenvalue weighted by atomic mass is 32.2. The lowest BCUT2D eigenvalue weighted by Gasteiger charge is -2.07. The summed E-state index contributed by atoms with van der Waals surface area (Å²) in [5, 5.41) is 0. The largest absolute Gasteiger partial charge is 0.261 e. The number of hydrogen-bond acceptors (Lipinski definition) is 3. The summed E-state index contributed by atoms with van der Waals surface area (Å²) < 4.78 is 26.8. The van der Waals surface area contributed by atoms with Gasteiger partial charge >= 0.3 is 0 Å². The molecule has 1 aromatic heterocycles. The highest BCUT2D eigenvalue weighted by Gasteiger charge is 2.12. The van der Waals surface area contributed by atoms with E-state index in [1.807, 2.05) is 31.2 Å². The molecule has 20 heavy (non-hydrogen) atoms.